The van der Waals surface area contributed by atoms with Crippen molar-refractivity contribution >= 4 is 38.5 Å². The van der Waals surface area contributed by atoms with Crippen LogP contribution in [0, 0.1) is 5.92 Å². The number of rotatable bonds is 7. The normalized spacial score (nSPS) is 22.8. The second-order valence-electron chi connectivity index (χ2n) is 8.33. The monoisotopic (exact) mass is 490 g/mol. The van der Waals surface area contributed by atoms with E-state index in [9.17, 15) is 18.3 Å². The molecule has 5 rings (SSSR count). The molecule has 11 heteroatoms. The van der Waals surface area contributed by atoms with E-state index in [4.69, 9.17) is 16.3 Å². The molecule has 1 aliphatic carbocycles. The highest BCUT2D eigenvalue weighted by Gasteiger charge is 2.55. The molecule has 1 saturated heterocycles. The maximum Gasteiger partial charge on any atom is 0.309 e. The fourth-order valence-corrected chi connectivity index (χ4v) is 6.58. The first kappa shape index (κ1) is 22.1. The van der Waals surface area contributed by atoms with Gasteiger partial charge < -0.3 is 9.84 Å². The Morgan fingerprint density at radius 3 is 2.79 bits per heavy atom. The Morgan fingerprint density at radius 1 is 1.27 bits per heavy atom. The molecule has 0 amide bonds. The van der Waals surface area contributed by atoms with Crippen LogP contribution in [0.25, 0.3) is 10.9 Å². The summed E-state index contributed by atoms with van der Waals surface area (Å²) in [7, 11) is -3.68. The molecule has 2 fully saturated rings. The van der Waals surface area contributed by atoms with Gasteiger partial charge >= 0.3 is 5.97 Å². The van der Waals surface area contributed by atoms with Crippen LogP contribution in [-0.4, -0.2) is 57.8 Å². The van der Waals surface area contributed by atoms with Gasteiger partial charge in [-0.25, -0.2) is 13.4 Å². The molecule has 0 bridgehead atoms. The zero-order valence-electron chi connectivity index (χ0n) is 17.9. The Balaban J connectivity index is 1.41. The third-order valence-electron chi connectivity index (χ3n) is 6.30. The van der Waals surface area contributed by atoms with Gasteiger partial charge in [0, 0.05) is 29.1 Å². The summed E-state index contributed by atoms with van der Waals surface area (Å²) in [4.78, 5) is 15.6. The number of fused-ring (bicyclic) bond motifs is 2. The van der Waals surface area contributed by atoms with Gasteiger partial charge in [0.05, 0.1) is 36.5 Å². The second-order valence-corrected chi connectivity index (χ2v) is 10.7. The summed E-state index contributed by atoms with van der Waals surface area (Å²) in [6.07, 6.45) is 2.45. The number of carboxylic acid groups (broad SMARTS) is 1. The first-order valence-electron chi connectivity index (χ1n) is 10.8. The molecule has 2 aromatic heterocycles. The van der Waals surface area contributed by atoms with Crippen LogP contribution in [0.4, 0.5) is 0 Å². The van der Waals surface area contributed by atoms with Gasteiger partial charge in [0.1, 0.15) is 4.90 Å². The van der Waals surface area contributed by atoms with E-state index in [2.05, 4.69) is 10.1 Å². The fourth-order valence-electron chi connectivity index (χ4n) is 4.78. The molecule has 1 aliphatic heterocycles. The number of hydrogen-bond acceptors (Lipinski definition) is 6. The zero-order valence-corrected chi connectivity index (χ0v) is 19.5. The fraction of sp³-hybridized carbons (Fsp3) is 0.409. The molecular weight excluding hydrogens is 468 g/mol. The van der Waals surface area contributed by atoms with Crippen LogP contribution in [0.3, 0.4) is 0 Å². The van der Waals surface area contributed by atoms with Gasteiger partial charge in [-0.3, -0.25) is 9.48 Å². The molecule has 2 aliphatic rings. The molecule has 174 valence electrons. The molecule has 0 radical (unpaired) electrons. The molecule has 3 atom stereocenters. The SMILES string of the molecule is CCOc1ccc(S(=O)(=O)N2CCC(n3nc(CC(=O)O)c4ccc(Cl)cc43)[C@H]3C[C@H]32)cn1. The maximum atomic E-state index is 13.3. The van der Waals surface area contributed by atoms with Crippen molar-refractivity contribution in [3.8, 4) is 5.88 Å². The minimum Gasteiger partial charge on any atom is -0.481 e. The van der Waals surface area contributed by atoms with Gasteiger partial charge in [-0.15, -0.1) is 0 Å². The average molecular weight is 491 g/mol. The lowest BCUT2D eigenvalue weighted by Crippen LogP contribution is -2.40. The van der Waals surface area contributed by atoms with E-state index in [0.29, 0.717) is 36.2 Å². The van der Waals surface area contributed by atoms with Crippen molar-refractivity contribution in [2.75, 3.05) is 13.2 Å². The van der Waals surface area contributed by atoms with E-state index in [1.54, 1.807) is 28.6 Å². The van der Waals surface area contributed by atoms with Crippen LogP contribution in [0.2, 0.25) is 5.02 Å². The van der Waals surface area contributed by atoms with E-state index in [1.807, 2.05) is 11.6 Å². The third kappa shape index (κ3) is 3.96. The largest absolute Gasteiger partial charge is 0.481 e. The highest BCUT2D eigenvalue weighted by Crippen LogP contribution is 2.51. The summed E-state index contributed by atoms with van der Waals surface area (Å²) < 4.78 is 35.2. The van der Waals surface area contributed by atoms with Crippen molar-refractivity contribution in [2.24, 2.45) is 5.92 Å². The van der Waals surface area contributed by atoms with Crippen molar-refractivity contribution in [1.82, 2.24) is 19.1 Å². The Labute approximate surface area is 196 Å². The van der Waals surface area contributed by atoms with Crippen molar-refractivity contribution in [2.45, 2.75) is 43.2 Å². The molecular formula is C22H23ClN4O5S. The number of piperidine rings is 1. The third-order valence-corrected chi connectivity index (χ3v) is 8.44. The predicted molar refractivity (Wildman–Crippen MR) is 121 cm³/mol. The van der Waals surface area contributed by atoms with E-state index in [-0.39, 0.29) is 29.3 Å². The van der Waals surface area contributed by atoms with Gasteiger partial charge in [-0.2, -0.15) is 9.40 Å². The quantitative estimate of drug-likeness (QED) is 0.541. The predicted octanol–water partition coefficient (Wildman–Crippen LogP) is 3.13. The number of nitrogens with zero attached hydrogens (tertiary/aromatic N) is 4. The number of aliphatic carboxylic acids is 1. The molecule has 1 unspecified atom stereocenters. The van der Waals surface area contributed by atoms with Crippen molar-refractivity contribution in [3.63, 3.8) is 0 Å². The Kier molecular flexibility index (Phi) is 5.54. The van der Waals surface area contributed by atoms with E-state index in [1.165, 1.54) is 12.3 Å². The van der Waals surface area contributed by atoms with Crippen LogP contribution in [0.5, 0.6) is 5.88 Å². The Morgan fingerprint density at radius 2 is 2.09 bits per heavy atom. The number of carboxylic acids is 1. The number of halogens is 1. The smallest absolute Gasteiger partial charge is 0.309 e. The first-order valence-corrected chi connectivity index (χ1v) is 12.6. The lowest BCUT2D eigenvalue weighted by atomic mass is 10.1. The zero-order chi connectivity index (χ0) is 23.3. The Bertz CT molecular complexity index is 1320. The van der Waals surface area contributed by atoms with E-state index in [0.717, 1.165) is 17.3 Å². The summed E-state index contributed by atoms with van der Waals surface area (Å²) in [6, 6.07) is 8.25. The first-order chi connectivity index (χ1) is 15.8. The molecule has 1 aromatic carbocycles. The number of hydrogen-bond donors (Lipinski definition) is 1. The van der Waals surface area contributed by atoms with Crippen molar-refractivity contribution < 1.29 is 23.1 Å². The molecule has 1 saturated carbocycles. The second kappa shape index (κ2) is 8.27. The summed E-state index contributed by atoms with van der Waals surface area (Å²) in [5, 5.41) is 15.2. The van der Waals surface area contributed by atoms with Gasteiger partial charge in [0.2, 0.25) is 15.9 Å². The minimum atomic E-state index is -3.68. The summed E-state index contributed by atoms with van der Waals surface area (Å²) in [5.74, 6) is -0.463. The van der Waals surface area contributed by atoms with E-state index >= 15 is 0 Å². The number of benzene rings is 1. The van der Waals surface area contributed by atoms with Crippen LogP contribution in [-0.2, 0) is 21.2 Å². The number of carbonyl (C=O) groups is 1. The van der Waals surface area contributed by atoms with Gasteiger partial charge in [-0.05, 0) is 49.9 Å². The number of pyridine rings is 1. The van der Waals surface area contributed by atoms with Gasteiger partial charge in [0.25, 0.3) is 0 Å². The van der Waals surface area contributed by atoms with E-state index < -0.39 is 16.0 Å². The lowest BCUT2D eigenvalue weighted by Gasteiger charge is -2.31. The molecule has 3 aromatic rings. The summed E-state index contributed by atoms with van der Waals surface area (Å²) in [5.41, 5.74) is 1.27. The molecule has 33 heavy (non-hydrogen) atoms. The van der Waals surface area contributed by atoms with Crippen molar-refractivity contribution in [3.05, 3.63) is 47.2 Å². The van der Waals surface area contributed by atoms with Crippen LogP contribution in [0.15, 0.2) is 41.4 Å². The number of ether oxygens (including phenoxy) is 1. The molecule has 0 spiro atoms. The summed E-state index contributed by atoms with van der Waals surface area (Å²) >= 11 is 6.21. The number of aromatic nitrogens is 3. The van der Waals surface area contributed by atoms with Crippen molar-refractivity contribution in [1.29, 1.82) is 0 Å². The van der Waals surface area contributed by atoms with Crippen LogP contribution >= 0.6 is 11.6 Å². The Hall–Kier alpha value is -2.69. The van der Waals surface area contributed by atoms with Gasteiger partial charge in [-0.1, -0.05) is 11.6 Å². The van der Waals surface area contributed by atoms with Crippen LogP contribution in [0.1, 0.15) is 31.5 Å². The average Bonchev–Trinajstić information content (AvgIpc) is 3.50. The highest BCUT2D eigenvalue weighted by atomic mass is 35.5. The topological polar surface area (TPSA) is 115 Å². The standard InChI is InChI=1S/C22H23ClN4O5S/c1-2-32-21-6-4-14(12-24-21)33(30,31)26-8-7-18(16-10-19(16)26)27-20-9-13(23)3-5-15(20)17(25-27)11-22(28)29/h3-6,9,12,16,18-19H,2,7-8,10-11H2,1H3,(H,28,29)/t16-,18?,19-/m1/s1. The molecule has 1 N–H and O–H groups in total. The molecule has 9 nitrogen and oxygen atoms in total. The lowest BCUT2D eigenvalue weighted by molar-refractivity contribution is -0.136. The summed E-state index contributed by atoms with van der Waals surface area (Å²) in [6.45, 7) is 2.64. The maximum absolute atomic E-state index is 13.3. The van der Waals surface area contributed by atoms with Gasteiger partial charge in [0.15, 0.2) is 0 Å². The van der Waals surface area contributed by atoms with Crippen LogP contribution < -0.4 is 4.74 Å². The number of sulfonamides is 1. The highest BCUT2D eigenvalue weighted by molar-refractivity contribution is 7.89. The molecule has 3 heterocycles. The minimum absolute atomic E-state index is 0.0246.